The molecule has 0 aliphatic rings. The molecule has 0 unspecified atom stereocenters. The first kappa shape index (κ1) is 26.4. The molecule has 8 nitrogen and oxygen atoms in total. The molecule has 188 valence electrons. The Labute approximate surface area is 207 Å². The Bertz CT molecular complexity index is 1400. The number of nitrogens with one attached hydrogen (secondary N) is 1. The van der Waals surface area contributed by atoms with Gasteiger partial charge in [-0.2, -0.15) is 0 Å². The van der Waals surface area contributed by atoms with Crippen molar-refractivity contribution in [3.05, 3.63) is 54.4 Å². The molecule has 4 aromatic rings. The van der Waals surface area contributed by atoms with Crippen molar-refractivity contribution in [2.75, 3.05) is 19.4 Å². The minimum absolute atomic E-state index is 0. The molecule has 2 aromatic heterocycles. The summed E-state index contributed by atoms with van der Waals surface area (Å²) in [6.07, 6.45) is 4.45. The van der Waals surface area contributed by atoms with Gasteiger partial charge in [0.05, 0.1) is 23.0 Å². The summed E-state index contributed by atoms with van der Waals surface area (Å²) in [5.41, 5.74) is 8.85. The maximum Gasteiger partial charge on any atom is 0.240 e. The third kappa shape index (κ3) is 5.74. The lowest BCUT2D eigenvalue weighted by Gasteiger charge is -2.12. The molecule has 0 aliphatic heterocycles. The predicted octanol–water partition coefficient (Wildman–Crippen LogP) is 4.91. The van der Waals surface area contributed by atoms with E-state index in [4.69, 9.17) is 15.5 Å². The summed E-state index contributed by atoms with van der Waals surface area (Å²) in [4.78, 5) is 9.58. The minimum Gasteiger partial charge on any atom is -0.497 e. The molecule has 0 amide bonds. The van der Waals surface area contributed by atoms with Gasteiger partial charge in [-0.3, -0.25) is 0 Å². The maximum atomic E-state index is 12.6. The number of sulfonamides is 1. The second-order valence-electron chi connectivity index (χ2n) is 8.28. The quantitative estimate of drug-likeness (QED) is 0.285. The van der Waals surface area contributed by atoms with Gasteiger partial charge in [-0.25, -0.2) is 23.1 Å². The first-order valence-corrected chi connectivity index (χ1v) is 13.1. The van der Waals surface area contributed by atoms with E-state index in [1.54, 1.807) is 18.2 Å². The lowest BCUT2D eigenvalue weighted by Crippen LogP contribution is -2.25. The van der Waals surface area contributed by atoms with Crippen LogP contribution in [-0.2, 0) is 23.0 Å². The zero-order chi connectivity index (χ0) is 24.1. The Kier molecular flexibility index (Phi) is 8.69. The van der Waals surface area contributed by atoms with Gasteiger partial charge in [0.2, 0.25) is 10.0 Å². The molecule has 4 rings (SSSR count). The number of pyridine rings is 1. The molecule has 0 saturated heterocycles. The van der Waals surface area contributed by atoms with Crippen molar-refractivity contribution in [1.29, 1.82) is 0 Å². The summed E-state index contributed by atoms with van der Waals surface area (Å²) in [6, 6.07) is 14.4. The van der Waals surface area contributed by atoms with E-state index in [-0.39, 0.29) is 12.3 Å². The summed E-state index contributed by atoms with van der Waals surface area (Å²) >= 11 is 0. The molecule has 9 heteroatoms. The van der Waals surface area contributed by atoms with Crippen molar-refractivity contribution in [1.82, 2.24) is 19.3 Å². The number of hydrogen-bond donors (Lipinski definition) is 2. The highest BCUT2D eigenvalue weighted by atomic mass is 32.2. The average molecular weight is 498 g/mol. The molecule has 0 fully saturated rings. The van der Waals surface area contributed by atoms with E-state index >= 15 is 0 Å². The van der Waals surface area contributed by atoms with E-state index in [1.165, 1.54) is 13.2 Å². The van der Waals surface area contributed by atoms with Crippen LogP contribution < -0.4 is 15.2 Å². The van der Waals surface area contributed by atoms with Crippen molar-refractivity contribution in [2.45, 2.75) is 57.9 Å². The molecule has 0 aliphatic carbocycles. The van der Waals surface area contributed by atoms with E-state index in [9.17, 15) is 8.42 Å². The Morgan fingerprint density at radius 3 is 2.63 bits per heavy atom. The van der Waals surface area contributed by atoms with E-state index in [1.807, 2.05) is 24.3 Å². The van der Waals surface area contributed by atoms with Gasteiger partial charge in [-0.1, -0.05) is 45.0 Å². The molecule has 2 heterocycles. The fourth-order valence-electron chi connectivity index (χ4n) is 4.12. The van der Waals surface area contributed by atoms with Crippen LogP contribution in [0.15, 0.2) is 53.4 Å². The van der Waals surface area contributed by atoms with E-state index in [0.29, 0.717) is 24.5 Å². The van der Waals surface area contributed by atoms with Gasteiger partial charge in [0.1, 0.15) is 17.1 Å². The highest BCUT2D eigenvalue weighted by Gasteiger charge is 2.17. The summed E-state index contributed by atoms with van der Waals surface area (Å²) in [5.74, 6) is 1.95. The number of nitrogens with two attached hydrogens (primary N) is 1. The van der Waals surface area contributed by atoms with E-state index < -0.39 is 10.0 Å². The van der Waals surface area contributed by atoms with Crippen LogP contribution in [0.25, 0.3) is 21.9 Å². The Hall–Kier alpha value is -3.17. The van der Waals surface area contributed by atoms with Crippen molar-refractivity contribution < 1.29 is 13.2 Å². The number of ether oxygens (including phenoxy) is 1. The molecule has 0 radical (unpaired) electrons. The molecule has 35 heavy (non-hydrogen) atoms. The van der Waals surface area contributed by atoms with E-state index in [2.05, 4.69) is 21.2 Å². The molecule has 2 aromatic carbocycles. The largest absolute Gasteiger partial charge is 0.497 e. The molecule has 0 atom stereocenters. The number of rotatable bonds is 11. The SMILES string of the molecule is C.CCCCc1nc2c(N)nc3ccccc3c2n1CCCCNS(=O)(=O)c1cccc(OC)c1. The van der Waals surface area contributed by atoms with Crippen molar-refractivity contribution in [3.63, 3.8) is 0 Å². The van der Waals surface area contributed by atoms with Gasteiger partial charge in [-0.05, 0) is 37.5 Å². The summed E-state index contributed by atoms with van der Waals surface area (Å²) in [6.45, 7) is 3.23. The second kappa shape index (κ2) is 11.5. The van der Waals surface area contributed by atoms with Gasteiger partial charge >= 0.3 is 0 Å². The van der Waals surface area contributed by atoms with Crippen LogP contribution in [0.5, 0.6) is 5.75 Å². The Balaban J connectivity index is 0.00000342. The van der Waals surface area contributed by atoms with Gasteiger partial charge in [0, 0.05) is 31.0 Å². The highest BCUT2D eigenvalue weighted by molar-refractivity contribution is 7.89. The van der Waals surface area contributed by atoms with Crippen LogP contribution in [0.2, 0.25) is 0 Å². The number of imidazole rings is 1. The first-order chi connectivity index (χ1) is 16.4. The second-order valence-corrected chi connectivity index (χ2v) is 10.0. The first-order valence-electron chi connectivity index (χ1n) is 11.6. The Morgan fingerprint density at radius 1 is 1.06 bits per heavy atom. The van der Waals surface area contributed by atoms with Crippen LogP contribution in [-0.4, -0.2) is 36.6 Å². The van der Waals surface area contributed by atoms with Crippen LogP contribution in [0.4, 0.5) is 5.82 Å². The average Bonchev–Trinajstić information content (AvgIpc) is 3.22. The van der Waals surface area contributed by atoms with Crippen molar-refractivity contribution in [2.24, 2.45) is 0 Å². The van der Waals surface area contributed by atoms with Crippen molar-refractivity contribution in [3.8, 4) is 5.75 Å². The van der Waals surface area contributed by atoms with Crippen LogP contribution in [0.3, 0.4) is 0 Å². The third-order valence-electron chi connectivity index (χ3n) is 5.90. The lowest BCUT2D eigenvalue weighted by atomic mass is 10.2. The number of para-hydroxylation sites is 1. The number of aromatic nitrogens is 3. The van der Waals surface area contributed by atoms with Gasteiger partial charge in [0.15, 0.2) is 5.82 Å². The number of nitrogen functional groups attached to an aromatic ring is 1. The molecule has 0 bridgehead atoms. The number of unbranched alkanes of at least 4 members (excludes halogenated alkanes) is 2. The number of aryl methyl sites for hydroxylation is 2. The lowest BCUT2D eigenvalue weighted by molar-refractivity contribution is 0.413. The smallest absolute Gasteiger partial charge is 0.240 e. The molecular weight excluding hydrogens is 462 g/mol. The number of methoxy groups -OCH3 is 1. The highest BCUT2D eigenvalue weighted by Crippen LogP contribution is 2.29. The molecule has 0 saturated carbocycles. The number of hydrogen-bond acceptors (Lipinski definition) is 6. The Morgan fingerprint density at radius 2 is 1.86 bits per heavy atom. The van der Waals surface area contributed by atoms with Gasteiger partial charge < -0.3 is 15.0 Å². The van der Waals surface area contributed by atoms with Crippen molar-refractivity contribution >= 4 is 37.8 Å². The fourth-order valence-corrected chi connectivity index (χ4v) is 5.23. The minimum atomic E-state index is -3.59. The maximum absolute atomic E-state index is 12.6. The summed E-state index contributed by atoms with van der Waals surface area (Å²) in [5, 5.41) is 1.03. The van der Waals surface area contributed by atoms with Gasteiger partial charge in [-0.15, -0.1) is 0 Å². The fraction of sp³-hybridized carbons (Fsp3) is 0.385. The zero-order valence-corrected chi connectivity index (χ0v) is 20.4. The number of fused-ring (bicyclic) bond motifs is 3. The number of benzene rings is 2. The van der Waals surface area contributed by atoms with Gasteiger partial charge in [0.25, 0.3) is 0 Å². The summed E-state index contributed by atoms with van der Waals surface area (Å²) < 4.78 is 35.3. The van der Waals surface area contributed by atoms with Crippen LogP contribution >= 0.6 is 0 Å². The standard InChI is InChI=1S/C25H31N5O3S.CH4/c1-3-4-14-22-29-23-24(20-12-5-6-13-21(20)28-25(23)26)30(22)16-8-7-15-27-34(31,32)19-11-9-10-18(17-19)33-2;/h5-6,9-13,17,27H,3-4,7-8,14-16H2,1-2H3,(H2,26,28);1H4. The molecule has 0 spiro atoms. The summed E-state index contributed by atoms with van der Waals surface area (Å²) in [7, 11) is -2.08. The molecule has 3 N–H and O–H groups in total. The number of anilines is 1. The monoisotopic (exact) mass is 497 g/mol. The topological polar surface area (TPSA) is 112 Å². The molecular formula is C26H35N5O3S. The number of nitrogens with zero attached hydrogens (tertiary/aromatic N) is 3. The zero-order valence-electron chi connectivity index (χ0n) is 19.6. The third-order valence-corrected chi connectivity index (χ3v) is 7.35. The normalized spacial score (nSPS) is 11.6. The predicted molar refractivity (Wildman–Crippen MR) is 142 cm³/mol. The van der Waals surface area contributed by atoms with Crippen LogP contribution in [0, 0.1) is 0 Å². The van der Waals surface area contributed by atoms with E-state index in [0.717, 1.165) is 60.0 Å². The van der Waals surface area contributed by atoms with Crippen LogP contribution in [0.1, 0.15) is 45.9 Å².